The van der Waals surface area contributed by atoms with Gasteiger partial charge in [0, 0.05) is 12.2 Å². The summed E-state index contributed by atoms with van der Waals surface area (Å²) in [4.78, 5) is 39.4. The molecule has 1 aromatic rings. The zero-order valence-electron chi connectivity index (χ0n) is 14.4. The lowest BCUT2D eigenvalue weighted by Gasteiger charge is -2.18. The first-order chi connectivity index (χ1) is 12.4. The molecule has 0 heterocycles. The number of amides is 3. The van der Waals surface area contributed by atoms with Crippen LogP contribution in [0.5, 0.6) is 0 Å². The van der Waals surface area contributed by atoms with Gasteiger partial charge in [0.05, 0.1) is 13.1 Å². The summed E-state index contributed by atoms with van der Waals surface area (Å²) in [5.41, 5.74) is 16.3. The molecule has 0 aliphatic heterocycles. The van der Waals surface area contributed by atoms with Crippen molar-refractivity contribution in [2.45, 2.75) is 18.9 Å². The summed E-state index contributed by atoms with van der Waals surface area (Å²) >= 11 is 0. The molecular formula is C16H25N7O3. The molecule has 0 aliphatic carbocycles. The highest BCUT2D eigenvalue weighted by Crippen LogP contribution is 2.07. The lowest BCUT2D eigenvalue weighted by Crippen LogP contribution is -2.48. The summed E-state index contributed by atoms with van der Waals surface area (Å²) in [5, 5.41) is 7.66. The molecule has 10 heteroatoms. The molecule has 0 aromatic heterocycles. The Morgan fingerprint density at radius 1 is 1.08 bits per heavy atom. The SMILES string of the molecule is NCC(=O)NCC(=O)N[C@@H](CCCN=C(N)N)C(=O)Nc1ccccc1. The number of rotatable bonds is 10. The number of carbonyl (C=O) groups excluding carboxylic acids is 3. The van der Waals surface area contributed by atoms with Crippen LogP contribution in [-0.4, -0.2) is 49.4 Å². The highest BCUT2D eigenvalue weighted by molar-refractivity contribution is 5.97. The molecule has 0 unspecified atom stereocenters. The first-order valence-corrected chi connectivity index (χ1v) is 8.09. The van der Waals surface area contributed by atoms with Crippen LogP contribution in [0, 0.1) is 0 Å². The van der Waals surface area contributed by atoms with E-state index in [1.165, 1.54) is 0 Å². The van der Waals surface area contributed by atoms with E-state index >= 15 is 0 Å². The second-order valence-electron chi connectivity index (χ2n) is 5.41. The smallest absolute Gasteiger partial charge is 0.246 e. The minimum Gasteiger partial charge on any atom is -0.370 e. The van der Waals surface area contributed by atoms with Gasteiger partial charge in [-0.15, -0.1) is 0 Å². The fourth-order valence-electron chi connectivity index (χ4n) is 2.02. The van der Waals surface area contributed by atoms with Gasteiger partial charge in [0.1, 0.15) is 6.04 Å². The number of benzene rings is 1. The highest BCUT2D eigenvalue weighted by atomic mass is 16.2. The van der Waals surface area contributed by atoms with Gasteiger partial charge in [0.25, 0.3) is 0 Å². The van der Waals surface area contributed by atoms with Crippen LogP contribution < -0.4 is 33.2 Å². The van der Waals surface area contributed by atoms with E-state index in [2.05, 4.69) is 20.9 Å². The Bertz CT molecular complexity index is 630. The average molecular weight is 363 g/mol. The number of anilines is 1. The third kappa shape index (κ3) is 8.64. The van der Waals surface area contributed by atoms with E-state index in [1.807, 2.05) is 6.07 Å². The van der Waals surface area contributed by atoms with Crippen molar-refractivity contribution in [2.24, 2.45) is 22.2 Å². The third-order valence-corrected chi connectivity index (χ3v) is 3.27. The molecule has 10 nitrogen and oxygen atoms in total. The third-order valence-electron chi connectivity index (χ3n) is 3.27. The molecule has 0 spiro atoms. The molecule has 0 saturated carbocycles. The monoisotopic (exact) mass is 363 g/mol. The van der Waals surface area contributed by atoms with Gasteiger partial charge in [-0.1, -0.05) is 18.2 Å². The highest BCUT2D eigenvalue weighted by Gasteiger charge is 2.20. The van der Waals surface area contributed by atoms with Crippen LogP contribution in [0.3, 0.4) is 0 Å². The quantitative estimate of drug-likeness (QED) is 0.163. The predicted octanol–water partition coefficient (Wildman–Crippen LogP) is -1.76. The molecule has 26 heavy (non-hydrogen) atoms. The number of hydrogen-bond donors (Lipinski definition) is 6. The summed E-state index contributed by atoms with van der Waals surface area (Å²) in [6.07, 6.45) is 0.812. The average Bonchev–Trinajstić information content (AvgIpc) is 2.62. The molecule has 1 aromatic carbocycles. The van der Waals surface area contributed by atoms with E-state index in [1.54, 1.807) is 24.3 Å². The van der Waals surface area contributed by atoms with Crippen molar-refractivity contribution in [3.05, 3.63) is 30.3 Å². The standard InChI is InChI=1S/C16H25N7O3/c17-9-13(24)21-10-14(25)23-12(7-4-8-20-16(18)19)15(26)22-11-5-2-1-3-6-11/h1-3,5-6,12H,4,7-10,17H2,(H,21,24)(H,22,26)(H,23,25)(H4,18,19,20)/t12-/m0/s1. The van der Waals surface area contributed by atoms with Crippen LogP contribution >= 0.6 is 0 Å². The fraction of sp³-hybridized carbons (Fsp3) is 0.375. The Labute approximate surface area is 151 Å². The lowest BCUT2D eigenvalue weighted by molar-refractivity contribution is -0.128. The van der Waals surface area contributed by atoms with Crippen molar-refractivity contribution in [3.63, 3.8) is 0 Å². The largest absolute Gasteiger partial charge is 0.370 e. The molecule has 0 fully saturated rings. The maximum atomic E-state index is 12.5. The molecule has 9 N–H and O–H groups in total. The zero-order valence-corrected chi connectivity index (χ0v) is 14.4. The number of carbonyl (C=O) groups is 3. The van der Waals surface area contributed by atoms with Crippen molar-refractivity contribution in [1.82, 2.24) is 10.6 Å². The van der Waals surface area contributed by atoms with Crippen molar-refractivity contribution < 1.29 is 14.4 Å². The van der Waals surface area contributed by atoms with Gasteiger partial charge >= 0.3 is 0 Å². The van der Waals surface area contributed by atoms with E-state index in [9.17, 15) is 14.4 Å². The molecule has 1 atom stereocenters. The lowest BCUT2D eigenvalue weighted by atomic mass is 10.1. The van der Waals surface area contributed by atoms with Crippen LogP contribution in [0.15, 0.2) is 35.3 Å². The van der Waals surface area contributed by atoms with Crippen LogP contribution in [0.25, 0.3) is 0 Å². The molecule has 0 aliphatic rings. The van der Waals surface area contributed by atoms with Gasteiger partial charge in [-0.2, -0.15) is 0 Å². The summed E-state index contributed by atoms with van der Waals surface area (Å²) in [5.74, 6) is -1.37. The van der Waals surface area contributed by atoms with Gasteiger partial charge in [-0.05, 0) is 25.0 Å². The predicted molar refractivity (Wildman–Crippen MR) is 99.0 cm³/mol. The van der Waals surface area contributed by atoms with E-state index in [0.29, 0.717) is 25.1 Å². The first kappa shape index (κ1) is 20.9. The van der Waals surface area contributed by atoms with Gasteiger partial charge in [-0.3, -0.25) is 19.4 Å². The molecule has 1 rings (SSSR count). The number of aliphatic imine (C=N–C) groups is 1. The Morgan fingerprint density at radius 2 is 1.77 bits per heavy atom. The summed E-state index contributed by atoms with van der Waals surface area (Å²) < 4.78 is 0. The Kier molecular flexibility index (Phi) is 9.18. The van der Waals surface area contributed by atoms with Crippen LogP contribution in [0.4, 0.5) is 5.69 Å². The fourth-order valence-corrected chi connectivity index (χ4v) is 2.02. The minimum atomic E-state index is -0.799. The van der Waals surface area contributed by atoms with Gasteiger partial charge in [0.15, 0.2) is 5.96 Å². The van der Waals surface area contributed by atoms with Crippen LogP contribution in [0.1, 0.15) is 12.8 Å². The van der Waals surface area contributed by atoms with E-state index < -0.39 is 17.9 Å². The summed E-state index contributed by atoms with van der Waals surface area (Å²) in [6.45, 7) is -0.153. The van der Waals surface area contributed by atoms with Crippen molar-refractivity contribution in [2.75, 3.05) is 25.0 Å². The number of nitrogens with zero attached hydrogens (tertiary/aromatic N) is 1. The van der Waals surface area contributed by atoms with Crippen LogP contribution in [0.2, 0.25) is 0 Å². The van der Waals surface area contributed by atoms with Crippen molar-refractivity contribution in [3.8, 4) is 0 Å². The molecule has 0 saturated heterocycles. The van der Waals surface area contributed by atoms with Gasteiger partial charge in [0.2, 0.25) is 17.7 Å². The Morgan fingerprint density at radius 3 is 2.38 bits per heavy atom. The van der Waals surface area contributed by atoms with Gasteiger partial charge < -0.3 is 33.2 Å². The van der Waals surface area contributed by atoms with E-state index in [-0.39, 0.29) is 25.0 Å². The zero-order chi connectivity index (χ0) is 19.4. The molecule has 0 radical (unpaired) electrons. The number of nitrogens with two attached hydrogens (primary N) is 3. The topological polar surface area (TPSA) is 178 Å². The molecule has 142 valence electrons. The summed E-state index contributed by atoms with van der Waals surface area (Å²) in [7, 11) is 0. The number of hydrogen-bond acceptors (Lipinski definition) is 5. The molecule has 3 amide bonds. The first-order valence-electron chi connectivity index (χ1n) is 8.09. The summed E-state index contributed by atoms with van der Waals surface area (Å²) in [6, 6.07) is 8.06. The van der Waals surface area contributed by atoms with Crippen LogP contribution in [-0.2, 0) is 14.4 Å². The maximum Gasteiger partial charge on any atom is 0.246 e. The molecular weight excluding hydrogens is 338 g/mol. The minimum absolute atomic E-state index is 0.0381. The number of para-hydroxylation sites is 1. The normalized spacial score (nSPS) is 11.1. The van der Waals surface area contributed by atoms with Crippen molar-refractivity contribution >= 4 is 29.4 Å². The van der Waals surface area contributed by atoms with Gasteiger partial charge in [-0.25, -0.2) is 0 Å². The molecule has 0 bridgehead atoms. The second kappa shape index (κ2) is 11.4. The Balaban J connectivity index is 2.64. The van der Waals surface area contributed by atoms with E-state index in [0.717, 1.165) is 0 Å². The Hall–Kier alpha value is -3.14. The maximum absolute atomic E-state index is 12.5. The second-order valence-corrected chi connectivity index (χ2v) is 5.41. The number of nitrogens with one attached hydrogen (secondary N) is 3. The number of guanidine groups is 1. The van der Waals surface area contributed by atoms with Crippen molar-refractivity contribution in [1.29, 1.82) is 0 Å². The van der Waals surface area contributed by atoms with E-state index in [4.69, 9.17) is 17.2 Å².